The van der Waals surface area contributed by atoms with Crippen molar-refractivity contribution in [1.82, 2.24) is 20.2 Å². The zero-order valence-electron chi connectivity index (χ0n) is 21.1. The Kier molecular flexibility index (Phi) is 10.5. The zero-order valence-corrected chi connectivity index (χ0v) is 21.1. The Morgan fingerprint density at radius 1 is 1.24 bits per heavy atom. The molecule has 1 aromatic rings. The number of halogens is 1. The van der Waals surface area contributed by atoms with E-state index in [-0.39, 0.29) is 12.3 Å². The number of unbranched alkanes of at least 4 members (excludes halogenated alkanes) is 1. The van der Waals surface area contributed by atoms with Gasteiger partial charge in [0, 0.05) is 13.5 Å². The predicted molar refractivity (Wildman–Crippen MR) is 126 cm³/mol. The highest BCUT2D eigenvalue weighted by molar-refractivity contribution is 5.95. The monoisotopic (exact) mass is 531 g/mol. The number of amides is 3. The van der Waals surface area contributed by atoms with E-state index in [0.717, 1.165) is 0 Å². The second-order valence-corrected chi connectivity index (χ2v) is 9.52. The zero-order chi connectivity index (χ0) is 27.9. The number of hydrogen-bond donors (Lipinski definition) is 6. The van der Waals surface area contributed by atoms with Crippen molar-refractivity contribution in [2.24, 2.45) is 0 Å². The topological polar surface area (TPSA) is 201 Å². The van der Waals surface area contributed by atoms with Crippen LogP contribution in [0, 0.1) is 5.82 Å². The van der Waals surface area contributed by atoms with Crippen molar-refractivity contribution in [3.8, 4) is 0 Å². The van der Waals surface area contributed by atoms with Crippen molar-refractivity contribution < 1.29 is 43.6 Å². The maximum atomic E-state index is 14.8. The fourth-order valence-corrected chi connectivity index (χ4v) is 3.49. The van der Waals surface area contributed by atoms with E-state index in [1.807, 2.05) is 0 Å². The molecular formula is C22H34FN5O9. The Labute approximate surface area is 212 Å². The number of rotatable bonds is 10. The standard InChI is InChI=1S/C22H34FN5O9/c1-11(30)24-8-6-5-7-13(25-21(35)37-22(2,3)4)18(33)26-17-12(23)9-28(20(34)27-17)19-16(32)15(31)14(10-29)36-19/h9,13-16,19,29,31-32H,5-8,10H2,1-4H3,(H,24,30)(H,25,35)(H,26,27,33,34)/t13-,14+,15+,16+,19+/m0/s1. The molecule has 0 saturated carbocycles. The molecule has 6 N–H and O–H groups in total. The Balaban J connectivity index is 2.16. The molecule has 2 heterocycles. The van der Waals surface area contributed by atoms with E-state index in [4.69, 9.17) is 9.47 Å². The van der Waals surface area contributed by atoms with E-state index >= 15 is 0 Å². The third-order valence-electron chi connectivity index (χ3n) is 5.24. The molecule has 1 aliphatic heterocycles. The number of anilines is 1. The molecule has 0 spiro atoms. The molecular weight excluding hydrogens is 497 g/mol. The number of carbonyl (C=O) groups excluding carboxylic acids is 3. The number of hydrogen-bond acceptors (Lipinski definition) is 10. The molecule has 15 heteroatoms. The van der Waals surface area contributed by atoms with Gasteiger partial charge in [-0.25, -0.2) is 14.0 Å². The fourth-order valence-electron chi connectivity index (χ4n) is 3.49. The van der Waals surface area contributed by atoms with Crippen LogP contribution in [-0.4, -0.2) is 85.9 Å². The molecule has 0 radical (unpaired) electrons. The molecule has 0 aliphatic carbocycles. The largest absolute Gasteiger partial charge is 0.444 e. The van der Waals surface area contributed by atoms with Gasteiger partial charge in [0.25, 0.3) is 0 Å². The highest BCUT2D eigenvalue weighted by Gasteiger charge is 2.44. The van der Waals surface area contributed by atoms with Gasteiger partial charge in [-0.2, -0.15) is 4.98 Å². The van der Waals surface area contributed by atoms with Gasteiger partial charge in [0.15, 0.2) is 17.9 Å². The maximum absolute atomic E-state index is 14.8. The highest BCUT2D eigenvalue weighted by Crippen LogP contribution is 2.28. The summed E-state index contributed by atoms with van der Waals surface area (Å²) in [6.07, 6.45) is -5.13. The number of nitrogens with zero attached hydrogens (tertiary/aromatic N) is 2. The molecule has 14 nitrogen and oxygen atoms in total. The van der Waals surface area contributed by atoms with Crippen molar-refractivity contribution in [3.05, 3.63) is 22.5 Å². The first-order chi connectivity index (χ1) is 17.2. The predicted octanol–water partition coefficient (Wildman–Crippen LogP) is -0.868. The Hall–Kier alpha value is -3.14. The molecule has 0 bridgehead atoms. The smallest absolute Gasteiger partial charge is 0.408 e. The van der Waals surface area contributed by atoms with Gasteiger partial charge in [-0.05, 0) is 40.0 Å². The van der Waals surface area contributed by atoms with Crippen molar-refractivity contribution in [3.63, 3.8) is 0 Å². The van der Waals surface area contributed by atoms with E-state index in [2.05, 4.69) is 20.9 Å². The number of ether oxygens (including phenoxy) is 2. The minimum atomic E-state index is -1.64. The summed E-state index contributed by atoms with van der Waals surface area (Å²) in [6.45, 7) is 5.97. The molecule has 0 unspecified atom stereocenters. The summed E-state index contributed by atoms with van der Waals surface area (Å²) in [5, 5.41) is 36.3. The summed E-state index contributed by atoms with van der Waals surface area (Å²) in [5.41, 5.74) is -1.96. The second-order valence-electron chi connectivity index (χ2n) is 9.52. The summed E-state index contributed by atoms with van der Waals surface area (Å²) in [6, 6.07) is -1.18. The van der Waals surface area contributed by atoms with Crippen LogP contribution in [-0.2, 0) is 19.1 Å². The summed E-state index contributed by atoms with van der Waals surface area (Å²) in [7, 11) is 0. The van der Waals surface area contributed by atoms with Gasteiger partial charge < -0.3 is 40.7 Å². The van der Waals surface area contributed by atoms with Gasteiger partial charge in [-0.3, -0.25) is 14.2 Å². The number of alkyl carbamates (subject to hydrolysis) is 1. The van der Waals surface area contributed by atoms with E-state index < -0.39 is 72.1 Å². The minimum Gasteiger partial charge on any atom is -0.444 e. The lowest BCUT2D eigenvalue weighted by Crippen LogP contribution is -2.46. The third kappa shape index (κ3) is 8.73. The van der Waals surface area contributed by atoms with Crippen LogP contribution in [0.2, 0.25) is 0 Å². The van der Waals surface area contributed by atoms with Gasteiger partial charge in [-0.15, -0.1) is 0 Å². The van der Waals surface area contributed by atoms with Crippen LogP contribution in [0.3, 0.4) is 0 Å². The lowest BCUT2D eigenvalue weighted by Gasteiger charge is -2.23. The summed E-state index contributed by atoms with van der Waals surface area (Å²) in [5.74, 6) is -2.98. The van der Waals surface area contributed by atoms with Crippen LogP contribution in [0.15, 0.2) is 11.0 Å². The van der Waals surface area contributed by atoms with Crippen molar-refractivity contribution in [2.75, 3.05) is 18.5 Å². The van der Waals surface area contributed by atoms with Gasteiger partial charge in [0.05, 0.1) is 12.8 Å². The summed E-state index contributed by atoms with van der Waals surface area (Å²) in [4.78, 5) is 52.1. The van der Waals surface area contributed by atoms with Crippen molar-refractivity contribution in [2.45, 2.75) is 83.1 Å². The molecule has 1 fully saturated rings. The molecule has 1 aliphatic rings. The maximum Gasteiger partial charge on any atom is 0.408 e. The number of nitrogens with one attached hydrogen (secondary N) is 3. The van der Waals surface area contributed by atoms with E-state index in [1.165, 1.54) is 6.92 Å². The second kappa shape index (κ2) is 12.9. The lowest BCUT2D eigenvalue weighted by atomic mass is 10.1. The van der Waals surface area contributed by atoms with Gasteiger partial charge in [0.2, 0.25) is 11.8 Å². The minimum absolute atomic E-state index is 0.103. The normalized spacial score (nSPS) is 22.3. The van der Waals surface area contributed by atoms with E-state index in [1.54, 1.807) is 20.8 Å². The van der Waals surface area contributed by atoms with Crippen LogP contribution in [0.25, 0.3) is 0 Å². The molecule has 0 aromatic carbocycles. The van der Waals surface area contributed by atoms with Gasteiger partial charge in [0.1, 0.15) is 30.0 Å². The average Bonchev–Trinajstić information content (AvgIpc) is 3.07. The number of aromatic nitrogens is 2. The molecule has 37 heavy (non-hydrogen) atoms. The van der Waals surface area contributed by atoms with E-state index in [9.17, 15) is 38.9 Å². The van der Waals surface area contributed by atoms with Crippen LogP contribution in [0.5, 0.6) is 0 Å². The number of aliphatic hydroxyl groups excluding tert-OH is 3. The fraction of sp³-hybridized carbons (Fsp3) is 0.682. The van der Waals surface area contributed by atoms with Crippen LogP contribution >= 0.6 is 0 Å². The molecule has 5 atom stereocenters. The average molecular weight is 532 g/mol. The molecule has 2 rings (SSSR count). The lowest BCUT2D eigenvalue weighted by molar-refractivity contribution is -0.119. The van der Waals surface area contributed by atoms with Crippen molar-refractivity contribution in [1.29, 1.82) is 0 Å². The number of aliphatic hydroxyl groups is 3. The first-order valence-corrected chi connectivity index (χ1v) is 11.7. The van der Waals surface area contributed by atoms with Crippen LogP contribution in [0.4, 0.5) is 15.0 Å². The SMILES string of the molecule is CC(=O)NCCCC[C@H](NC(=O)OC(C)(C)C)C(=O)Nc1nc(=O)n([C@@H]2O[C@H](CO)[C@@H](O)[C@H]2O)cc1F. The first kappa shape index (κ1) is 30.1. The number of carbonyl (C=O) groups is 3. The summed E-state index contributed by atoms with van der Waals surface area (Å²) < 4.78 is 25.8. The molecule has 1 saturated heterocycles. The quantitative estimate of drug-likeness (QED) is 0.206. The van der Waals surface area contributed by atoms with Crippen LogP contribution in [0.1, 0.15) is 53.2 Å². The first-order valence-electron chi connectivity index (χ1n) is 11.7. The third-order valence-corrected chi connectivity index (χ3v) is 5.24. The Morgan fingerprint density at radius 3 is 2.49 bits per heavy atom. The molecule has 1 aromatic heterocycles. The highest BCUT2D eigenvalue weighted by atomic mass is 19.1. The van der Waals surface area contributed by atoms with Crippen LogP contribution < -0.4 is 21.6 Å². The Morgan fingerprint density at radius 2 is 1.92 bits per heavy atom. The molecule has 208 valence electrons. The van der Waals surface area contributed by atoms with E-state index in [0.29, 0.717) is 30.2 Å². The summed E-state index contributed by atoms with van der Waals surface area (Å²) >= 11 is 0. The van der Waals surface area contributed by atoms with Gasteiger partial charge >= 0.3 is 11.8 Å². The van der Waals surface area contributed by atoms with Gasteiger partial charge in [-0.1, -0.05) is 0 Å². The van der Waals surface area contributed by atoms with Crippen molar-refractivity contribution >= 4 is 23.7 Å². The Bertz CT molecular complexity index is 1030. The molecule has 3 amide bonds.